The minimum atomic E-state index is 0.628. The maximum absolute atomic E-state index is 11.6. The van der Waals surface area contributed by atoms with Gasteiger partial charge in [0.25, 0.3) is 0 Å². The first-order valence-electron chi connectivity index (χ1n) is 5.26. The number of rotatable bonds is 2. The fourth-order valence-electron chi connectivity index (χ4n) is 1.63. The van der Waals surface area contributed by atoms with Crippen LogP contribution in [-0.4, -0.2) is 4.98 Å². The number of nitrogens with zero attached hydrogens (tertiary/aromatic N) is 2. The Kier molecular flexibility index (Phi) is 2.86. The molecule has 1 heterocycles. The lowest BCUT2D eigenvalue weighted by atomic mass is 10.1. The summed E-state index contributed by atoms with van der Waals surface area (Å²) in [7, 11) is 0. The van der Waals surface area contributed by atoms with Crippen LogP contribution in [0, 0.1) is 19.1 Å². The summed E-state index contributed by atoms with van der Waals surface area (Å²) >= 11 is 0. The van der Waals surface area contributed by atoms with E-state index in [1.807, 2.05) is 26.0 Å². The summed E-state index contributed by atoms with van der Waals surface area (Å²) in [4.78, 5) is 4.13. The van der Waals surface area contributed by atoms with Crippen molar-refractivity contribution in [3.05, 3.63) is 64.4 Å². The molecule has 2 rings (SSSR count). The molecule has 1 aromatic heterocycles. The summed E-state index contributed by atoms with van der Waals surface area (Å²) in [5.41, 5.74) is 3.86. The molecule has 0 spiro atoms. The van der Waals surface area contributed by atoms with Crippen molar-refractivity contribution < 1.29 is 4.73 Å². The molecule has 82 valence electrons. The first-order chi connectivity index (χ1) is 7.66. The second kappa shape index (κ2) is 4.31. The highest BCUT2D eigenvalue weighted by molar-refractivity contribution is 5.25. The van der Waals surface area contributed by atoms with E-state index in [4.69, 9.17) is 0 Å². The largest absolute Gasteiger partial charge is 0.618 e. The van der Waals surface area contributed by atoms with Crippen LogP contribution in [0.2, 0.25) is 0 Å². The fraction of sp³-hybridized carbons (Fsp3) is 0.231. The van der Waals surface area contributed by atoms with Crippen molar-refractivity contribution in [2.45, 2.75) is 20.3 Å². The van der Waals surface area contributed by atoms with E-state index in [0.717, 1.165) is 16.0 Å². The number of hydrogen-bond acceptors (Lipinski definition) is 2. The van der Waals surface area contributed by atoms with E-state index in [-0.39, 0.29) is 0 Å². The predicted molar refractivity (Wildman–Crippen MR) is 61.9 cm³/mol. The van der Waals surface area contributed by atoms with Gasteiger partial charge in [-0.1, -0.05) is 29.8 Å². The molecule has 0 unspecified atom stereocenters. The van der Waals surface area contributed by atoms with Crippen molar-refractivity contribution in [1.82, 2.24) is 4.98 Å². The zero-order valence-corrected chi connectivity index (χ0v) is 9.47. The van der Waals surface area contributed by atoms with Crippen LogP contribution in [0.5, 0.6) is 0 Å². The molecular formula is C13H14N2O. The Morgan fingerprint density at radius 2 is 1.88 bits per heavy atom. The lowest BCUT2D eigenvalue weighted by Crippen LogP contribution is -2.33. The van der Waals surface area contributed by atoms with Crippen molar-refractivity contribution in [1.29, 1.82) is 0 Å². The average Bonchev–Trinajstić information content (AvgIpc) is 2.26. The molecule has 16 heavy (non-hydrogen) atoms. The molecule has 0 amide bonds. The number of hydrogen-bond donors (Lipinski definition) is 0. The van der Waals surface area contributed by atoms with E-state index in [1.54, 1.807) is 0 Å². The number of aryl methyl sites for hydroxylation is 2. The number of aromatic nitrogens is 2. The van der Waals surface area contributed by atoms with Crippen LogP contribution in [0.15, 0.2) is 36.7 Å². The van der Waals surface area contributed by atoms with Gasteiger partial charge in [0.15, 0.2) is 6.20 Å². The Labute approximate surface area is 95.0 Å². The molecule has 0 aliphatic heterocycles. The maximum atomic E-state index is 11.6. The molecule has 2 aromatic rings. The van der Waals surface area contributed by atoms with Crippen molar-refractivity contribution in [2.24, 2.45) is 0 Å². The third-order valence-electron chi connectivity index (χ3n) is 2.65. The standard InChI is InChI=1S/C13H14N2O/c1-10-3-5-12(6-4-10)9-13-11(2)14-7-8-15(13)16/h3-8H,9H2,1-2H3. The molecule has 3 heteroatoms. The highest BCUT2D eigenvalue weighted by Gasteiger charge is 2.10. The van der Waals surface area contributed by atoms with Gasteiger partial charge in [-0.25, -0.2) is 4.98 Å². The third kappa shape index (κ3) is 2.19. The van der Waals surface area contributed by atoms with Gasteiger partial charge >= 0.3 is 0 Å². The Balaban J connectivity index is 2.30. The van der Waals surface area contributed by atoms with Gasteiger partial charge in [-0.3, -0.25) is 0 Å². The molecule has 0 aliphatic rings. The summed E-state index contributed by atoms with van der Waals surface area (Å²) in [5, 5.41) is 11.6. The second-order valence-corrected chi connectivity index (χ2v) is 3.95. The van der Waals surface area contributed by atoms with Gasteiger partial charge in [0.05, 0.1) is 12.6 Å². The second-order valence-electron chi connectivity index (χ2n) is 3.95. The molecule has 0 saturated carbocycles. The highest BCUT2D eigenvalue weighted by Crippen LogP contribution is 2.09. The molecule has 0 atom stereocenters. The van der Waals surface area contributed by atoms with Crippen molar-refractivity contribution in [3.63, 3.8) is 0 Å². The smallest absolute Gasteiger partial charge is 0.218 e. The highest BCUT2D eigenvalue weighted by atomic mass is 16.5. The Hall–Kier alpha value is -1.90. The molecule has 0 fully saturated rings. The van der Waals surface area contributed by atoms with E-state index >= 15 is 0 Å². The van der Waals surface area contributed by atoms with Crippen molar-refractivity contribution in [3.8, 4) is 0 Å². The van der Waals surface area contributed by atoms with Crippen LogP contribution in [0.25, 0.3) is 0 Å². The topological polar surface area (TPSA) is 39.8 Å². The Morgan fingerprint density at radius 1 is 1.19 bits per heavy atom. The van der Waals surface area contributed by atoms with E-state index in [1.165, 1.54) is 18.0 Å². The van der Waals surface area contributed by atoms with E-state index < -0.39 is 0 Å². The lowest BCUT2D eigenvalue weighted by molar-refractivity contribution is -0.614. The van der Waals surface area contributed by atoms with Crippen LogP contribution >= 0.6 is 0 Å². The maximum Gasteiger partial charge on any atom is 0.218 e. The minimum Gasteiger partial charge on any atom is -0.618 e. The van der Waals surface area contributed by atoms with Crippen LogP contribution in [-0.2, 0) is 6.42 Å². The van der Waals surface area contributed by atoms with Gasteiger partial charge in [0, 0.05) is 0 Å². The molecule has 0 bridgehead atoms. The normalized spacial score (nSPS) is 10.4. The van der Waals surface area contributed by atoms with Crippen LogP contribution in [0.1, 0.15) is 22.5 Å². The van der Waals surface area contributed by atoms with Gasteiger partial charge < -0.3 is 5.21 Å². The van der Waals surface area contributed by atoms with E-state index in [0.29, 0.717) is 12.1 Å². The SMILES string of the molecule is Cc1ccc(Cc2c(C)ncc[n+]2[O-])cc1. The van der Waals surface area contributed by atoms with Crippen LogP contribution < -0.4 is 4.73 Å². The average molecular weight is 214 g/mol. The monoisotopic (exact) mass is 214 g/mol. The van der Waals surface area contributed by atoms with Crippen LogP contribution in [0.3, 0.4) is 0 Å². The van der Waals surface area contributed by atoms with Crippen molar-refractivity contribution >= 4 is 0 Å². The summed E-state index contributed by atoms with van der Waals surface area (Å²) in [6.45, 7) is 3.91. The number of benzene rings is 1. The van der Waals surface area contributed by atoms with Gasteiger partial charge in [0.2, 0.25) is 5.69 Å². The quantitative estimate of drug-likeness (QED) is 0.566. The van der Waals surface area contributed by atoms with E-state index in [9.17, 15) is 5.21 Å². The van der Waals surface area contributed by atoms with Gasteiger partial charge in [0.1, 0.15) is 5.69 Å². The third-order valence-corrected chi connectivity index (χ3v) is 2.65. The van der Waals surface area contributed by atoms with E-state index in [2.05, 4.69) is 17.1 Å². The molecule has 0 radical (unpaired) electrons. The zero-order chi connectivity index (χ0) is 11.5. The summed E-state index contributed by atoms with van der Waals surface area (Å²) in [5.74, 6) is 0. The summed E-state index contributed by atoms with van der Waals surface area (Å²) in [6, 6.07) is 8.19. The lowest BCUT2D eigenvalue weighted by Gasteiger charge is -2.06. The predicted octanol–water partition coefficient (Wildman–Crippen LogP) is 1.92. The summed E-state index contributed by atoms with van der Waals surface area (Å²) in [6.07, 6.45) is 3.60. The fourth-order valence-corrected chi connectivity index (χ4v) is 1.63. The summed E-state index contributed by atoms with van der Waals surface area (Å²) < 4.78 is 0.891. The zero-order valence-electron chi connectivity index (χ0n) is 9.47. The van der Waals surface area contributed by atoms with Gasteiger partial charge in [-0.15, -0.1) is 0 Å². The molecule has 3 nitrogen and oxygen atoms in total. The molecular weight excluding hydrogens is 200 g/mol. The Bertz CT molecular complexity index is 472. The minimum absolute atomic E-state index is 0.628. The molecule has 0 aliphatic carbocycles. The molecule has 0 N–H and O–H groups in total. The molecule has 0 saturated heterocycles. The van der Waals surface area contributed by atoms with Gasteiger partial charge in [-0.05, 0) is 19.4 Å². The Morgan fingerprint density at radius 3 is 2.50 bits per heavy atom. The van der Waals surface area contributed by atoms with Crippen molar-refractivity contribution in [2.75, 3.05) is 0 Å². The van der Waals surface area contributed by atoms with Gasteiger partial charge in [-0.2, -0.15) is 4.73 Å². The molecule has 1 aromatic carbocycles. The van der Waals surface area contributed by atoms with Crippen LogP contribution in [0.4, 0.5) is 0 Å². The first-order valence-corrected chi connectivity index (χ1v) is 5.26. The first kappa shape index (κ1) is 10.6.